The van der Waals surface area contributed by atoms with E-state index in [2.05, 4.69) is 4.99 Å². The van der Waals surface area contributed by atoms with E-state index in [9.17, 15) is 9.59 Å². The van der Waals surface area contributed by atoms with Crippen LogP contribution < -0.4 is 14.9 Å². The molecular formula is C23H17Cl3N2O3S. The number of benzene rings is 2. The lowest BCUT2D eigenvalue weighted by Gasteiger charge is -2.25. The van der Waals surface area contributed by atoms with Crippen molar-refractivity contribution in [1.82, 2.24) is 4.57 Å². The zero-order chi connectivity index (χ0) is 23.0. The molecule has 1 aliphatic heterocycles. The van der Waals surface area contributed by atoms with Crippen LogP contribution in [0.3, 0.4) is 0 Å². The fraction of sp³-hybridized carbons (Fsp3) is 0.174. The number of aromatic nitrogens is 1. The zero-order valence-electron chi connectivity index (χ0n) is 17.1. The third kappa shape index (κ3) is 4.04. The van der Waals surface area contributed by atoms with Gasteiger partial charge in [-0.25, -0.2) is 9.79 Å². The van der Waals surface area contributed by atoms with Gasteiger partial charge >= 0.3 is 5.97 Å². The van der Waals surface area contributed by atoms with Crippen LogP contribution in [-0.2, 0) is 9.53 Å². The molecule has 1 aromatic heterocycles. The summed E-state index contributed by atoms with van der Waals surface area (Å²) in [7, 11) is 0. The Morgan fingerprint density at radius 2 is 1.88 bits per heavy atom. The highest BCUT2D eigenvalue weighted by Gasteiger charge is 2.34. The van der Waals surface area contributed by atoms with E-state index < -0.39 is 12.0 Å². The summed E-state index contributed by atoms with van der Waals surface area (Å²) in [5.41, 5.74) is 1.66. The molecular weight excluding hydrogens is 491 g/mol. The zero-order valence-corrected chi connectivity index (χ0v) is 20.1. The largest absolute Gasteiger partial charge is 0.463 e. The molecule has 1 unspecified atom stereocenters. The third-order valence-corrected chi connectivity index (χ3v) is 7.15. The van der Waals surface area contributed by atoms with Gasteiger partial charge in [0, 0.05) is 5.02 Å². The van der Waals surface area contributed by atoms with Crippen molar-refractivity contribution < 1.29 is 9.53 Å². The number of thiazole rings is 1. The maximum absolute atomic E-state index is 13.5. The fourth-order valence-corrected chi connectivity index (χ4v) is 5.19. The van der Waals surface area contributed by atoms with Gasteiger partial charge in [0.2, 0.25) is 0 Å². The summed E-state index contributed by atoms with van der Waals surface area (Å²) in [5.74, 6) is -0.536. The molecule has 0 fully saturated rings. The number of halogens is 3. The molecule has 0 spiro atoms. The van der Waals surface area contributed by atoms with E-state index >= 15 is 0 Å². The average molecular weight is 508 g/mol. The molecule has 2 heterocycles. The van der Waals surface area contributed by atoms with Crippen LogP contribution in [0.15, 0.2) is 63.5 Å². The lowest BCUT2D eigenvalue weighted by atomic mass is 9.96. The molecule has 2 aromatic carbocycles. The summed E-state index contributed by atoms with van der Waals surface area (Å²) in [6.07, 6.45) is 1.67. The number of nitrogens with zero attached hydrogens (tertiary/aromatic N) is 2. The maximum atomic E-state index is 13.5. The van der Waals surface area contributed by atoms with Crippen molar-refractivity contribution in [3.63, 3.8) is 0 Å². The van der Waals surface area contributed by atoms with Gasteiger partial charge in [0.15, 0.2) is 4.80 Å². The monoisotopic (exact) mass is 506 g/mol. The van der Waals surface area contributed by atoms with Gasteiger partial charge in [-0.15, -0.1) is 0 Å². The Labute approximate surface area is 202 Å². The lowest BCUT2D eigenvalue weighted by Crippen LogP contribution is -2.40. The van der Waals surface area contributed by atoms with Gasteiger partial charge in [0.25, 0.3) is 5.56 Å². The second kappa shape index (κ2) is 9.24. The number of hydrogen-bond donors (Lipinski definition) is 0. The van der Waals surface area contributed by atoms with E-state index in [1.807, 2.05) is 0 Å². The Morgan fingerprint density at radius 1 is 1.16 bits per heavy atom. The highest BCUT2D eigenvalue weighted by atomic mass is 35.5. The summed E-state index contributed by atoms with van der Waals surface area (Å²) in [6.45, 7) is 3.64. The van der Waals surface area contributed by atoms with E-state index in [0.29, 0.717) is 41.2 Å². The van der Waals surface area contributed by atoms with Gasteiger partial charge in [-0.2, -0.15) is 0 Å². The Balaban J connectivity index is 2.00. The molecule has 0 saturated carbocycles. The number of hydrogen-bond acceptors (Lipinski definition) is 5. The van der Waals surface area contributed by atoms with Gasteiger partial charge in [-0.3, -0.25) is 9.36 Å². The summed E-state index contributed by atoms with van der Waals surface area (Å²) in [4.78, 5) is 31.4. The van der Waals surface area contributed by atoms with Crippen molar-refractivity contribution in [2.45, 2.75) is 19.9 Å². The summed E-state index contributed by atoms with van der Waals surface area (Å²) >= 11 is 20.1. The number of rotatable bonds is 4. The minimum Gasteiger partial charge on any atom is -0.463 e. The van der Waals surface area contributed by atoms with Gasteiger partial charge < -0.3 is 4.74 Å². The predicted octanol–water partition coefficient (Wildman–Crippen LogP) is 4.76. The lowest BCUT2D eigenvalue weighted by molar-refractivity contribution is -0.139. The smallest absolute Gasteiger partial charge is 0.338 e. The van der Waals surface area contributed by atoms with Gasteiger partial charge in [0.1, 0.15) is 6.04 Å². The van der Waals surface area contributed by atoms with Crippen molar-refractivity contribution in [2.24, 2.45) is 4.99 Å². The second-order valence-electron chi connectivity index (χ2n) is 6.97. The topological polar surface area (TPSA) is 60.7 Å². The van der Waals surface area contributed by atoms with Crippen molar-refractivity contribution in [1.29, 1.82) is 0 Å². The molecule has 0 amide bonds. The molecule has 1 atom stereocenters. The third-order valence-electron chi connectivity index (χ3n) is 4.98. The molecule has 0 aliphatic carbocycles. The second-order valence-corrected chi connectivity index (χ2v) is 9.17. The number of ether oxygens (including phenoxy) is 1. The number of allylic oxidation sites excluding steroid dienone is 1. The first-order valence-electron chi connectivity index (χ1n) is 9.71. The van der Waals surface area contributed by atoms with Crippen LogP contribution in [-0.4, -0.2) is 17.1 Å². The highest BCUT2D eigenvalue weighted by molar-refractivity contribution is 7.07. The van der Waals surface area contributed by atoms with Crippen LogP contribution in [0.25, 0.3) is 6.08 Å². The average Bonchev–Trinajstić information content (AvgIpc) is 3.06. The maximum Gasteiger partial charge on any atom is 0.338 e. The minimum absolute atomic E-state index is 0.197. The molecule has 0 saturated heterocycles. The molecule has 1 aliphatic rings. The van der Waals surface area contributed by atoms with Crippen LogP contribution in [0.1, 0.15) is 31.0 Å². The number of esters is 1. The number of carbonyl (C=O) groups excluding carboxylic acids is 1. The Morgan fingerprint density at radius 3 is 2.59 bits per heavy atom. The van der Waals surface area contributed by atoms with Crippen LogP contribution in [0.2, 0.25) is 15.1 Å². The fourth-order valence-electron chi connectivity index (χ4n) is 3.56. The Hall–Kier alpha value is -2.38. The normalized spacial score (nSPS) is 16.0. The van der Waals surface area contributed by atoms with Crippen molar-refractivity contribution in [3.8, 4) is 0 Å². The SMILES string of the molecule is CCOC(=O)C1=C(C)N=c2s/c(=C\c3cccc(Cl)c3Cl)c(=O)n2C1c1ccccc1Cl. The molecule has 4 rings (SSSR count). The van der Waals surface area contributed by atoms with Crippen LogP contribution >= 0.6 is 46.1 Å². The van der Waals surface area contributed by atoms with Crippen molar-refractivity contribution in [2.75, 3.05) is 6.61 Å². The van der Waals surface area contributed by atoms with Crippen molar-refractivity contribution >= 4 is 58.2 Å². The molecule has 9 heteroatoms. The van der Waals surface area contributed by atoms with E-state index in [0.717, 1.165) is 0 Å². The number of carbonyl (C=O) groups is 1. The van der Waals surface area contributed by atoms with Gasteiger partial charge in [-0.1, -0.05) is 76.5 Å². The van der Waals surface area contributed by atoms with E-state index in [1.54, 1.807) is 62.4 Å². The van der Waals surface area contributed by atoms with Crippen LogP contribution in [0.4, 0.5) is 0 Å². The predicted molar refractivity (Wildman–Crippen MR) is 128 cm³/mol. The molecule has 3 aromatic rings. The summed E-state index contributed by atoms with van der Waals surface area (Å²) in [6, 6.07) is 11.5. The first-order valence-corrected chi connectivity index (χ1v) is 11.7. The molecule has 5 nitrogen and oxygen atoms in total. The molecule has 164 valence electrons. The first-order chi connectivity index (χ1) is 15.3. The molecule has 0 radical (unpaired) electrons. The van der Waals surface area contributed by atoms with Crippen LogP contribution in [0, 0.1) is 0 Å². The van der Waals surface area contributed by atoms with Gasteiger partial charge in [0.05, 0.1) is 32.5 Å². The van der Waals surface area contributed by atoms with E-state index in [4.69, 9.17) is 39.5 Å². The van der Waals surface area contributed by atoms with E-state index in [-0.39, 0.29) is 17.7 Å². The molecule has 32 heavy (non-hydrogen) atoms. The highest BCUT2D eigenvalue weighted by Crippen LogP contribution is 2.34. The standard InChI is InChI=1S/C23H17Cl3N2O3S/c1-3-31-22(30)18-12(2)27-23-28(20(18)14-8-4-5-9-15(14)24)21(29)17(32-23)11-13-7-6-10-16(25)19(13)26/h4-11,20H,3H2,1-2H3/b17-11-. The summed E-state index contributed by atoms with van der Waals surface area (Å²) in [5, 5.41) is 1.18. The van der Waals surface area contributed by atoms with Gasteiger partial charge in [-0.05, 0) is 43.2 Å². The molecule has 0 N–H and O–H groups in total. The van der Waals surface area contributed by atoms with Crippen LogP contribution in [0.5, 0.6) is 0 Å². The summed E-state index contributed by atoms with van der Waals surface area (Å²) < 4.78 is 7.16. The quantitative estimate of drug-likeness (QED) is 0.479. The Bertz CT molecular complexity index is 1440. The number of fused-ring (bicyclic) bond motifs is 1. The minimum atomic E-state index is -0.768. The van der Waals surface area contributed by atoms with E-state index in [1.165, 1.54) is 15.9 Å². The van der Waals surface area contributed by atoms with Crippen molar-refractivity contribution in [3.05, 3.63) is 99.6 Å². The molecule has 0 bridgehead atoms. The first kappa shape index (κ1) is 22.8. The Kier molecular flexibility index (Phi) is 6.58.